The molecule has 230 valence electrons. The number of benzene rings is 2. The second kappa shape index (κ2) is 11.2. The molecule has 1 N–H and O–H groups in total. The number of hydrogen-bond acceptors (Lipinski definition) is 8. The van der Waals surface area contributed by atoms with Crippen LogP contribution in [0.3, 0.4) is 0 Å². The number of rotatable bonds is 7. The molecule has 18 heteroatoms. The normalized spacial score (nSPS) is 12.5. The van der Waals surface area contributed by atoms with Gasteiger partial charge in [0.25, 0.3) is 0 Å². The van der Waals surface area contributed by atoms with Gasteiger partial charge >= 0.3 is 18.5 Å². The lowest BCUT2D eigenvalue weighted by Crippen LogP contribution is -2.18. The summed E-state index contributed by atoms with van der Waals surface area (Å²) in [6.07, 6.45) is -6.96. The summed E-state index contributed by atoms with van der Waals surface area (Å²) >= 11 is 5.86. The number of halogens is 7. The summed E-state index contributed by atoms with van der Waals surface area (Å²) in [7, 11) is -2.57. The predicted molar refractivity (Wildman–Crippen MR) is 143 cm³/mol. The first-order valence-corrected chi connectivity index (χ1v) is 14.0. The molecule has 0 aliphatic carbocycles. The number of nitrogens with zero attached hydrogens (tertiary/aromatic N) is 5. The first-order valence-electron chi connectivity index (χ1n) is 12.1. The molecular formula is C26H17ClF6N6O4S. The Bertz CT molecular complexity index is 1960. The zero-order chi connectivity index (χ0) is 32.0. The first kappa shape index (κ1) is 31.0. The standard InChI is InChI=1S/C26H17ClF6N6O4S/c1-13-37-21(16-10-35-24(36-11-16)43-26(31,32)33)22(42-13)18-9-15(14-4-3-5-17(8-14)44(40,41)34-2)6-7-20(18)39-12-19(27)23(38-39)25(28,29)30/h3-12,34H,1-2H3. The molecule has 44 heavy (non-hydrogen) atoms. The lowest BCUT2D eigenvalue weighted by atomic mass is 9.99. The predicted octanol–water partition coefficient (Wildman–Crippen LogP) is 6.44. The third-order valence-electron chi connectivity index (χ3n) is 6.02. The zero-order valence-electron chi connectivity index (χ0n) is 22.2. The minimum Gasteiger partial charge on any atom is -0.440 e. The Balaban J connectivity index is 1.71. The molecule has 0 spiro atoms. The number of alkyl halides is 6. The highest BCUT2D eigenvalue weighted by atomic mass is 35.5. The molecule has 0 bridgehead atoms. The second-order valence-corrected chi connectivity index (χ2v) is 11.2. The number of sulfonamides is 1. The van der Waals surface area contributed by atoms with Crippen LogP contribution in [0.1, 0.15) is 11.6 Å². The molecule has 0 radical (unpaired) electrons. The molecule has 0 amide bonds. The molecule has 0 saturated heterocycles. The fraction of sp³-hybridized carbons (Fsp3) is 0.154. The summed E-state index contributed by atoms with van der Waals surface area (Å²) < 4.78 is 116. The SMILES string of the molecule is CNS(=O)(=O)c1cccc(-c2ccc(-n3cc(Cl)c(C(F)(F)F)n3)c(-c3oc(C)nc3-c3cnc(OC(F)(F)F)nc3)c2)c1. The van der Waals surface area contributed by atoms with Crippen LogP contribution in [0, 0.1) is 6.92 Å². The topological polar surface area (TPSA) is 125 Å². The average Bonchev–Trinajstić information content (AvgIpc) is 3.55. The van der Waals surface area contributed by atoms with Gasteiger partial charge in [-0.05, 0) is 42.4 Å². The molecule has 0 aliphatic rings. The van der Waals surface area contributed by atoms with Gasteiger partial charge in [0.05, 0.1) is 21.8 Å². The molecule has 0 aliphatic heterocycles. The molecular weight excluding hydrogens is 642 g/mol. The van der Waals surface area contributed by atoms with Crippen LogP contribution in [0.2, 0.25) is 5.02 Å². The van der Waals surface area contributed by atoms with Crippen molar-refractivity contribution in [3.8, 4) is 45.4 Å². The highest BCUT2D eigenvalue weighted by Gasteiger charge is 2.37. The van der Waals surface area contributed by atoms with Crippen LogP contribution in [0.4, 0.5) is 26.3 Å². The fourth-order valence-corrected chi connectivity index (χ4v) is 5.14. The maximum Gasteiger partial charge on any atom is 0.575 e. The number of aryl methyl sites for hydroxylation is 1. The van der Waals surface area contributed by atoms with Gasteiger partial charge in [-0.25, -0.2) is 32.8 Å². The summed E-state index contributed by atoms with van der Waals surface area (Å²) in [5.41, 5.74) is -0.250. The van der Waals surface area contributed by atoms with E-state index in [1.54, 1.807) is 6.07 Å². The van der Waals surface area contributed by atoms with E-state index in [4.69, 9.17) is 16.0 Å². The summed E-state index contributed by atoms with van der Waals surface area (Å²) in [6.45, 7) is 1.47. The highest BCUT2D eigenvalue weighted by molar-refractivity contribution is 7.89. The Morgan fingerprint density at radius 2 is 1.66 bits per heavy atom. The molecule has 5 rings (SSSR count). The van der Waals surface area contributed by atoms with Crippen LogP contribution in [0.5, 0.6) is 6.01 Å². The average molecular weight is 659 g/mol. The summed E-state index contributed by atoms with van der Waals surface area (Å²) in [5, 5.41) is 2.93. The zero-order valence-corrected chi connectivity index (χ0v) is 23.8. The largest absolute Gasteiger partial charge is 0.575 e. The van der Waals surface area contributed by atoms with E-state index in [1.165, 1.54) is 50.4 Å². The number of hydrogen-bond donors (Lipinski definition) is 1. The maximum atomic E-state index is 13.5. The molecule has 2 aromatic carbocycles. The Labute approximate surface area is 249 Å². The van der Waals surface area contributed by atoms with Crippen LogP contribution >= 0.6 is 11.6 Å². The van der Waals surface area contributed by atoms with Crippen LogP contribution in [0.15, 0.2) is 70.4 Å². The van der Waals surface area contributed by atoms with Crippen molar-refractivity contribution in [3.05, 3.63) is 77.7 Å². The van der Waals surface area contributed by atoms with E-state index < -0.39 is 39.3 Å². The van der Waals surface area contributed by atoms with Gasteiger partial charge in [-0.2, -0.15) is 18.3 Å². The van der Waals surface area contributed by atoms with Gasteiger partial charge in [0.2, 0.25) is 10.0 Å². The third kappa shape index (κ3) is 6.39. The molecule has 0 fully saturated rings. The lowest BCUT2D eigenvalue weighted by Gasteiger charge is -2.13. The van der Waals surface area contributed by atoms with Gasteiger partial charge in [0.15, 0.2) is 17.3 Å². The van der Waals surface area contributed by atoms with Crippen molar-refractivity contribution in [2.75, 3.05) is 7.05 Å². The van der Waals surface area contributed by atoms with Crippen molar-refractivity contribution in [3.63, 3.8) is 0 Å². The van der Waals surface area contributed by atoms with E-state index in [0.717, 1.165) is 23.3 Å². The van der Waals surface area contributed by atoms with Crippen molar-refractivity contribution in [2.24, 2.45) is 0 Å². The molecule has 3 aromatic heterocycles. The minimum absolute atomic E-state index is 0.0280. The molecule has 5 aromatic rings. The highest BCUT2D eigenvalue weighted by Crippen LogP contribution is 2.40. The van der Waals surface area contributed by atoms with Gasteiger partial charge < -0.3 is 9.15 Å². The Morgan fingerprint density at radius 1 is 0.977 bits per heavy atom. The Morgan fingerprint density at radius 3 is 2.27 bits per heavy atom. The minimum atomic E-state index is -5.03. The Hall–Kier alpha value is -4.48. The monoisotopic (exact) mass is 658 g/mol. The summed E-state index contributed by atoms with van der Waals surface area (Å²) in [5.74, 6) is 0.0465. The molecule has 0 atom stereocenters. The lowest BCUT2D eigenvalue weighted by molar-refractivity contribution is -0.277. The summed E-state index contributed by atoms with van der Waals surface area (Å²) in [4.78, 5) is 11.3. The van der Waals surface area contributed by atoms with E-state index >= 15 is 0 Å². The second-order valence-electron chi connectivity index (χ2n) is 8.95. The van der Waals surface area contributed by atoms with Gasteiger partial charge in [-0.1, -0.05) is 29.8 Å². The van der Waals surface area contributed by atoms with Crippen molar-refractivity contribution in [1.29, 1.82) is 0 Å². The van der Waals surface area contributed by atoms with Gasteiger partial charge in [-0.3, -0.25) is 0 Å². The van der Waals surface area contributed by atoms with E-state index in [-0.39, 0.29) is 39.1 Å². The fourth-order valence-electron chi connectivity index (χ4n) is 4.13. The maximum absolute atomic E-state index is 13.5. The Kier molecular flexibility index (Phi) is 7.89. The van der Waals surface area contributed by atoms with Crippen LogP contribution in [0.25, 0.3) is 39.4 Å². The van der Waals surface area contributed by atoms with E-state index in [2.05, 4.69) is 29.5 Å². The molecule has 0 saturated carbocycles. The van der Waals surface area contributed by atoms with Gasteiger partial charge in [-0.15, -0.1) is 13.2 Å². The van der Waals surface area contributed by atoms with Crippen LogP contribution in [-0.4, -0.2) is 46.6 Å². The van der Waals surface area contributed by atoms with Crippen molar-refractivity contribution >= 4 is 21.6 Å². The van der Waals surface area contributed by atoms with Crippen molar-refractivity contribution < 1.29 is 43.9 Å². The van der Waals surface area contributed by atoms with Gasteiger partial charge in [0.1, 0.15) is 5.69 Å². The number of aromatic nitrogens is 5. The molecule has 0 unspecified atom stereocenters. The number of ether oxygens (including phenoxy) is 1. The van der Waals surface area contributed by atoms with E-state index in [9.17, 15) is 34.8 Å². The smallest absolute Gasteiger partial charge is 0.440 e. The van der Waals surface area contributed by atoms with Gasteiger partial charge in [0, 0.05) is 30.4 Å². The first-order chi connectivity index (χ1) is 20.6. The molecule has 10 nitrogen and oxygen atoms in total. The summed E-state index contributed by atoms with van der Waals surface area (Å²) in [6, 6.07) is 9.31. The number of nitrogens with one attached hydrogen (secondary N) is 1. The third-order valence-corrected chi connectivity index (χ3v) is 7.70. The van der Waals surface area contributed by atoms with Crippen LogP contribution in [-0.2, 0) is 16.2 Å². The quantitative estimate of drug-likeness (QED) is 0.198. The van der Waals surface area contributed by atoms with Crippen molar-refractivity contribution in [2.45, 2.75) is 24.4 Å². The van der Waals surface area contributed by atoms with E-state index in [0.29, 0.717) is 11.1 Å². The number of oxazole rings is 1. The van der Waals surface area contributed by atoms with Crippen molar-refractivity contribution in [1.82, 2.24) is 29.5 Å². The van der Waals surface area contributed by atoms with Crippen LogP contribution < -0.4 is 9.46 Å². The molecule has 3 heterocycles. The van der Waals surface area contributed by atoms with E-state index in [1.807, 2.05) is 0 Å².